The van der Waals surface area contributed by atoms with Crippen molar-refractivity contribution in [3.63, 3.8) is 0 Å². The fourth-order valence-corrected chi connectivity index (χ4v) is 0.442. The van der Waals surface area contributed by atoms with E-state index in [-0.39, 0.29) is 5.76 Å². The Morgan fingerprint density at radius 1 is 1.05 bits per heavy atom. The molecule has 0 aromatic rings. The molecule has 19 heavy (non-hydrogen) atoms. The molecule has 0 saturated carbocycles. The van der Waals surface area contributed by atoms with Crippen LogP contribution < -0.4 is 0 Å². The van der Waals surface area contributed by atoms with Crippen molar-refractivity contribution in [2.24, 2.45) is 0 Å². The van der Waals surface area contributed by atoms with Crippen LogP contribution in [0.3, 0.4) is 0 Å². The molecule has 0 unspecified atom stereocenters. The van der Waals surface area contributed by atoms with Crippen molar-refractivity contribution >= 4 is 11.9 Å². The quantitative estimate of drug-likeness (QED) is 0.218. The Hall–Kier alpha value is -2.36. The Morgan fingerprint density at radius 2 is 1.63 bits per heavy atom. The van der Waals surface area contributed by atoms with Gasteiger partial charge in [0, 0.05) is 0 Å². The molecule has 0 aromatic carbocycles. The number of carbonyl (C=O) groups is 2. The van der Waals surface area contributed by atoms with Gasteiger partial charge in [0.2, 0.25) is 11.5 Å². The molecule has 0 amide bonds. The van der Waals surface area contributed by atoms with Gasteiger partial charge in [-0.15, -0.1) is 0 Å². The maximum absolute atomic E-state index is 10.2. The molecule has 0 fully saturated rings. The maximum Gasteiger partial charge on any atom is 0.375 e. The molecule has 0 spiro atoms. The molecule has 9 nitrogen and oxygen atoms in total. The minimum absolute atomic E-state index is 0.294. The van der Waals surface area contributed by atoms with Crippen LogP contribution in [-0.2, 0) is 34.2 Å². The normalized spacial score (nSPS) is 9.68. The average Bonchev–Trinajstić information content (AvgIpc) is 2.36. The van der Waals surface area contributed by atoms with Crippen molar-refractivity contribution in [1.29, 1.82) is 0 Å². The van der Waals surface area contributed by atoms with Gasteiger partial charge in [0.1, 0.15) is 0 Å². The topological polar surface area (TPSA) is 121 Å². The van der Waals surface area contributed by atoms with Gasteiger partial charge in [-0.1, -0.05) is 12.7 Å². The summed E-state index contributed by atoms with van der Waals surface area (Å²) in [6.07, 6.45) is 2.48. The second kappa shape index (κ2) is 12.1. The fourth-order valence-electron chi connectivity index (χ4n) is 0.442. The van der Waals surface area contributed by atoms with Gasteiger partial charge < -0.3 is 20.0 Å². The number of carboxylic acids is 2. The molecule has 0 radical (unpaired) electrons. The number of rotatable bonds is 8. The average molecular weight is 278 g/mol. The zero-order valence-electron chi connectivity index (χ0n) is 10.3. The van der Waals surface area contributed by atoms with Crippen molar-refractivity contribution in [1.82, 2.24) is 0 Å². The summed E-state index contributed by atoms with van der Waals surface area (Å²) in [5, 5.41) is 20.1. The number of aliphatic carboxylic acids is 2. The van der Waals surface area contributed by atoms with E-state index >= 15 is 0 Å². The summed E-state index contributed by atoms with van der Waals surface area (Å²) in [5.74, 6) is -3.32. The molecular formula is C10H14O9. The van der Waals surface area contributed by atoms with E-state index in [2.05, 4.69) is 37.7 Å². The van der Waals surface area contributed by atoms with E-state index in [1.165, 1.54) is 26.4 Å². The summed E-state index contributed by atoms with van der Waals surface area (Å²) in [4.78, 5) is 36.2. The number of hydrogen-bond donors (Lipinski definition) is 2. The number of carboxylic acid groups (broad SMARTS) is 2. The van der Waals surface area contributed by atoms with Gasteiger partial charge >= 0.3 is 11.9 Å². The Labute approximate surface area is 108 Å². The summed E-state index contributed by atoms with van der Waals surface area (Å²) < 4.78 is 0. The molecule has 0 aliphatic carbocycles. The monoisotopic (exact) mass is 278 g/mol. The molecule has 0 heterocycles. The molecule has 108 valence electrons. The van der Waals surface area contributed by atoms with Crippen LogP contribution in [0.15, 0.2) is 36.8 Å². The highest BCUT2D eigenvalue weighted by molar-refractivity contribution is 5.84. The highest BCUT2D eigenvalue weighted by Gasteiger charge is 2.06. The predicted octanol–water partition coefficient (Wildman–Crippen LogP) is 0.813. The van der Waals surface area contributed by atoms with E-state index in [1.807, 2.05) is 0 Å². The van der Waals surface area contributed by atoms with Crippen LogP contribution in [0.4, 0.5) is 0 Å². The van der Waals surface area contributed by atoms with Gasteiger partial charge in [0.15, 0.2) is 0 Å². The molecular weight excluding hydrogens is 264 g/mol. The number of hydrogen-bond acceptors (Lipinski definition) is 7. The first-order valence-electron chi connectivity index (χ1n) is 4.46. The SMILES string of the molecule is C=C(OOOC)C(=O)O.C=CC=C(OOC)C(=O)O. The Kier molecular flexibility index (Phi) is 12.1. The van der Waals surface area contributed by atoms with Gasteiger partial charge in [-0.3, -0.25) is 0 Å². The standard InChI is InChI=1S/C6H8O4.C4H6O5/c1-3-4-5(6(7)8)10-9-2;1-3(4(5)6)8-9-7-2/h3-4H,1H2,2H3,(H,7,8);1H2,2H3,(H,5,6). The fraction of sp³-hybridized carbons (Fsp3) is 0.200. The summed E-state index contributed by atoms with van der Waals surface area (Å²) >= 11 is 0. The lowest BCUT2D eigenvalue weighted by molar-refractivity contribution is -0.483. The van der Waals surface area contributed by atoms with Crippen LogP contribution in [0, 0.1) is 0 Å². The second-order valence-corrected chi connectivity index (χ2v) is 2.37. The van der Waals surface area contributed by atoms with Crippen LogP contribution in [0.5, 0.6) is 0 Å². The summed E-state index contributed by atoms with van der Waals surface area (Å²) in [5.41, 5.74) is 0. The van der Waals surface area contributed by atoms with E-state index in [0.29, 0.717) is 0 Å². The van der Waals surface area contributed by atoms with Gasteiger partial charge in [-0.2, -0.15) is 9.78 Å². The Balaban J connectivity index is 0. The summed E-state index contributed by atoms with van der Waals surface area (Å²) in [7, 11) is 2.40. The molecule has 0 atom stereocenters. The molecule has 0 bridgehead atoms. The first-order valence-corrected chi connectivity index (χ1v) is 4.46. The zero-order chi connectivity index (χ0) is 15.3. The first-order chi connectivity index (χ1) is 8.90. The van der Waals surface area contributed by atoms with Gasteiger partial charge in [0.05, 0.1) is 14.2 Å². The summed E-state index contributed by atoms with van der Waals surface area (Å²) in [6.45, 7) is 6.25. The molecule has 0 aliphatic heterocycles. The molecule has 2 N–H and O–H groups in total. The predicted molar refractivity (Wildman–Crippen MR) is 60.0 cm³/mol. The Bertz CT molecular complexity index is 345. The van der Waals surface area contributed by atoms with E-state index in [9.17, 15) is 9.59 Å². The number of allylic oxidation sites excluding steroid dienone is 2. The van der Waals surface area contributed by atoms with Crippen LogP contribution in [-0.4, -0.2) is 36.4 Å². The van der Waals surface area contributed by atoms with E-state index in [1.54, 1.807) is 0 Å². The second-order valence-electron chi connectivity index (χ2n) is 2.37. The molecule has 0 saturated heterocycles. The smallest absolute Gasteiger partial charge is 0.375 e. The third-order valence-electron chi connectivity index (χ3n) is 1.09. The van der Waals surface area contributed by atoms with Crippen molar-refractivity contribution in [3.8, 4) is 0 Å². The van der Waals surface area contributed by atoms with Crippen molar-refractivity contribution in [2.45, 2.75) is 0 Å². The van der Waals surface area contributed by atoms with Crippen LogP contribution >= 0.6 is 0 Å². The minimum atomic E-state index is -1.30. The largest absolute Gasteiger partial charge is 0.475 e. The highest BCUT2D eigenvalue weighted by atomic mass is 17.5. The van der Waals surface area contributed by atoms with Gasteiger partial charge in [0.25, 0.3) is 0 Å². The minimum Gasteiger partial charge on any atom is -0.475 e. The third-order valence-corrected chi connectivity index (χ3v) is 1.09. The van der Waals surface area contributed by atoms with E-state index in [0.717, 1.165) is 0 Å². The molecule has 0 rings (SSSR count). The molecule has 0 aliphatic rings. The first kappa shape index (κ1) is 19.0. The van der Waals surface area contributed by atoms with Crippen LogP contribution in [0.2, 0.25) is 0 Å². The lowest BCUT2D eigenvalue weighted by Crippen LogP contribution is -2.03. The highest BCUT2D eigenvalue weighted by Crippen LogP contribution is 1.96. The van der Waals surface area contributed by atoms with E-state index in [4.69, 9.17) is 10.2 Å². The lowest BCUT2D eigenvalue weighted by atomic mass is 10.4. The van der Waals surface area contributed by atoms with Gasteiger partial charge in [-0.05, 0) is 17.7 Å². The molecule has 0 aromatic heterocycles. The Morgan fingerprint density at radius 3 is 1.95 bits per heavy atom. The zero-order valence-corrected chi connectivity index (χ0v) is 10.3. The third kappa shape index (κ3) is 11.9. The van der Waals surface area contributed by atoms with Crippen molar-refractivity contribution < 1.29 is 44.4 Å². The van der Waals surface area contributed by atoms with Crippen LogP contribution in [0.1, 0.15) is 0 Å². The molecule has 9 heteroatoms. The lowest BCUT2D eigenvalue weighted by Gasteiger charge is -1.98. The van der Waals surface area contributed by atoms with Gasteiger partial charge in [-0.25, -0.2) is 9.59 Å². The van der Waals surface area contributed by atoms with Crippen LogP contribution in [0.25, 0.3) is 0 Å². The van der Waals surface area contributed by atoms with Crippen molar-refractivity contribution in [3.05, 3.63) is 36.8 Å². The summed E-state index contributed by atoms with van der Waals surface area (Å²) in [6, 6.07) is 0. The van der Waals surface area contributed by atoms with E-state index < -0.39 is 17.7 Å². The maximum atomic E-state index is 10.2. The van der Waals surface area contributed by atoms with Crippen molar-refractivity contribution in [2.75, 3.05) is 14.2 Å².